The molecule has 1 aromatic rings. The van der Waals surface area contributed by atoms with Crippen LogP contribution in [0.25, 0.3) is 0 Å². The summed E-state index contributed by atoms with van der Waals surface area (Å²) in [5.41, 5.74) is -1.96. The van der Waals surface area contributed by atoms with E-state index in [0.717, 1.165) is 0 Å². The number of ketones is 1. The van der Waals surface area contributed by atoms with E-state index in [1.807, 2.05) is 0 Å². The zero-order valence-corrected chi connectivity index (χ0v) is 14.9. The number of benzene rings is 1. The molecule has 0 aliphatic carbocycles. The molecule has 0 radical (unpaired) electrons. The maximum atomic E-state index is 12.6. The van der Waals surface area contributed by atoms with E-state index in [0.29, 0.717) is 4.47 Å². The minimum absolute atomic E-state index is 0.0241. The van der Waals surface area contributed by atoms with Crippen molar-refractivity contribution in [1.29, 1.82) is 0 Å². The number of Topliss-reactive ketones (excluding diaryl/α,β-unsaturated/α-hetero) is 1. The van der Waals surface area contributed by atoms with Gasteiger partial charge in [0.05, 0.1) is 19.6 Å². The van der Waals surface area contributed by atoms with Gasteiger partial charge in [0.15, 0.2) is 5.78 Å². The first-order chi connectivity index (χ1) is 11.4. The molecule has 0 heterocycles. The molecule has 1 aromatic carbocycles. The molecule has 0 bridgehead atoms. The Bertz CT molecular complexity index is 613. The number of hydrogen-bond donors (Lipinski definition) is 1. The number of rotatable bonds is 9. The van der Waals surface area contributed by atoms with Crippen molar-refractivity contribution in [3.63, 3.8) is 0 Å². The van der Waals surface area contributed by atoms with Gasteiger partial charge in [-0.25, -0.2) is 9.59 Å². The Morgan fingerprint density at radius 1 is 1.12 bits per heavy atom. The summed E-state index contributed by atoms with van der Waals surface area (Å²) in [4.78, 5) is 48.2. The number of amides is 1. The molecule has 1 N–H and O–H groups in total. The first kappa shape index (κ1) is 19.8. The molecule has 0 saturated heterocycles. The van der Waals surface area contributed by atoms with E-state index in [9.17, 15) is 19.2 Å². The normalized spacial score (nSPS) is 10.6. The molecular formula is C16H18BrNO6. The lowest BCUT2D eigenvalue weighted by molar-refractivity contribution is -0.167. The fraction of sp³-hybridized carbons (Fsp3) is 0.375. The summed E-state index contributed by atoms with van der Waals surface area (Å²) in [6.45, 7) is 3.04. The quantitative estimate of drug-likeness (QED) is 0.293. The third-order valence-electron chi connectivity index (χ3n) is 3.15. The molecule has 0 saturated carbocycles. The minimum atomic E-state index is -2.22. The van der Waals surface area contributed by atoms with Crippen molar-refractivity contribution in [2.45, 2.75) is 25.8 Å². The molecule has 0 spiro atoms. The molecule has 0 atom stereocenters. The summed E-state index contributed by atoms with van der Waals surface area (Å²) in [5, 5.41) is 2.12. The molecule has 8 heteroatoms. The highest BCUT2D eigenvalue weighted by Crippen LogP contribution is 2.23. The largest absolute Gasteiger partial charge is 0.464 e. The van der Waals surface area contributed by atoms with Gasteiger partial charge in [-0.15, -0.1) is 0 Å². The molecule has 24 heavy (non-hydrogen) atoms. The van der Waals surface area contributed by atoms with Crippen molar-refractivity contribution in [3.05, 3.63) is 34.3 Å². The van der Waals surface area contributed by atoms with Crippen LogP contribution >= 0.6 is 15.9 Å². The smallest absolute Gasteiger partial charge is 0.344 e. The van der Waals surface area contributed by atoms with Gasteiger partial charge in [-0.1, -0.05) is 34.1 Å². The summed E-state index contributed by atoms with van der Waals surface area (Å²) >= 11 is 3.24. The Labute approximate surface area is 147 Å². The number of nitrogens with one attached hydrogen (secondary N) is 1. The zero-order valence-electron chi connectivity index (χ0n) is 13.3. The van der Waals surface area contributed by atoms with Gasteiger partial charge < -0.3 is 14.8 Å². The van der Waals surface area contributed by atoms with Crippen molar-refractivity contribution in [2.75, 3.05) is 13.2 Å². The van der Waals surface area contributed by atoms with E-state index in [1.165, 1.54) is 6.07 Å². The minimum Gasteiger partial charge on any atom is -0.464 e. The maximum Gasteiger partial charge on any atom is 0.344 e. The van der Waals surface area contributed by atoms with Gasteiger partial charge in [-0.3, -0.25) is 9.59 Å². The van der Waals surface area contributed by atoms with Gasteiger partial charge in [0, 0.05) is 10.0 Å². The SMILES string of the molecule is CCOC(=O)C(CC(=O)c1ccccc1Br)(NC=O)C(=O)OCC. The Kier molecular flexibility index (Phi) is 7.57. The number of carbonyl (C=O) groups is 4. The average Bonchev–Trinajstić information content (AvgIpc) is 2.55. The second-order valence-corrected chi connectivity index (χ2v) is 5.54. The van der Waals surface area contributed by atoms with E-state index in [1.54, 1.807) is 32.0 Å². The standard InChI is InChI=1S/C16H18BrNO6/c1-3-23-14(21)16(18-10-19,15(22)24-4-2)9-13(20)11-7-5-6-8-12(11)17/h5-8,10H,3-4,9H2,1-2H3,(H,18,19). The summed E-state index contributed by atoms with van der Waals surface area (Å²) in [6, 6.07) is 6.54. The highest BCUT2D eigenvalue weighted by atomic mass is 79.9. The van der Waals surface area contributed by atoms with Crippen LogP contribution in [0, 0.1) is 0 Å². The van der Waals surface area contributed by atoms with Crippen molar-refractivity contribution in [1.82, 2.24) is 5.32 Å². The predicted molar refractivity (Wildman–Crippen MR) is 88.3 cm³/mol. The fourth-order valence-electron chi connectivity index (χ4n) is 2.03. The lowest BCUT2D eigenvalue weighted by Gasteiger charge is -2.27. The number of halogens is 1. The van der Waals surface area contributed by atoms with E-state index >= 15 is 0 Å². The van der Waals surface area contributed by atoms with Crippen LogP contribution in [-0.4, -0.2) is 42.9 Å². The predicted octanol–water partition coefficient (Wildman–Crippen LogP) is 1.63. The van der Waals surface area contributed by atoms with Crippen molar-refractivity contribution < 1.29 is 28.7 Å². The van der Waals surface area contributed by atoms with Gasteiger partial charge in [0.1, 0.15) is 0 Å². The molecule has 0 aliphatic heterocycles. The third-order valence-corrected chi connectivity index (χ3v) is 3.84. The molecular weight excluding hydrogens is 382 g/mol. The van der Waals surface area contributed by atoms with E-state index in [4.69, 9.17) is 9.47 Å². The number of hydrogen-bond acceptors (Lipinski definition) is 6. The first-order valence-corrected chi connectivity index (χ1v) is 8.05. The van der Waals surface area contributed by atoms with E-state index < -0.39 is 29.7 Å². The van der Waals surface area contributed by atoms with Crippen LogP contribution in [0.4, 0.5) is 0 Å². The van der Waals surface area contributed by atoms with Crippen molar-refractivity contribution in [3.8, 4) is 0 Å². The van der Waals surface area contributed by atoms with Crippen LogP contribution in [0.1, 0.15) is 30.6 Å². The molecule has 7 nitrogen and oxygen atoms in total. The second kappa shape index (κ2) is 9.17. The van der Waals surface area contributed by atoms with Crippen LogP contribution in [0.2, 0.25) is 0 Å². The van der Waals surface area contributed by atoms with Gasteiger partial charge in [0.25, 0.3) is 0 Å². The highest BCUT2D eigenvalue weighted by Gasteiger charge is 2.51. The monoisotopic (exact) mass is 399 g/mol. The number of carbonyl (C=O) groups excluding carboxylic acids is 4. The van der Waals surface area contributed by atoms with Gasteiger partial charge in [-0.2, -0.15) is 0 Å². The van der Waals surface area contributed by atoms with Crippen molar-refractivity contribution in [2.24, 2.45) is 0 Å². The fourth-order valence-corrected chi connectivity index (χ4v) is 2.54. The lowest BCUT2D eigenvalue weighted by Crippen LogP contribution is -2.60. The van der Waals surface area contributed by atoms with E-state index in [2.05, 4.69) is 21.2 Å². The molecule has 130 valence electrons. The molecule has 0 unspecified atom stereocenters. The Morgan fingerprint density at radius 3 is 2.12 bits per heavy atom. The summed E-state index contributed by atoms with van der Waals surface area (Å²) in [6.07, 6.45) is -0.451. The van der Waals surface area contributed by atoms with Crippen LogP contribution in [0.5, 0.6) is 0 Å². The Morgan fingerprint density at radius 2 is 1.67 bits per heavy atom. The lowest BCUT2D eigenvalue weighted by atomic mass is 9.90. The average molecular weight is 400 g/mol. The molecule has 1 amide bonds. The van der Waals surface area contributed by atoms with E-state index in [-0.39, 0.29) is 25.2 Å². The Balaban J connectivity index is 3.27. The van der Waals surface area contributed by atoms with Crippen LogP contribution in [0.15, 0.2) is 28.7 Å². The van der Waals surface area contributed by atoms with Gasteiger partial charge >= 0.3 is 11.9 Å². The number of ether oxygens (including phenoxy) is 2. The first-order valence-electron chi connectivity index (χ1n) is 7.26. The molecule has 0 aromatic heterocycles. The molecule has 0 fully saturated rings. The number of esters is 2. The summed E-state index contributed by atoms with van der Waals surface area (Å²) in [7, 11) is 0. The highest BCUT2D eigenvalue weighted by molar-refractivity contribution is 9.10. The van der Waals surface area contributed by atoms with Crippen molar-refractivity contribution >= 4 is 40.1 Å². The summed E-state index contributed by atoms with van der Waals surface area (Å²) < 4.78 is 10.2. The maximum absolute atomic E-state index is 12.6. The van der Waals surface area contributed by atoms with Crippen LogP contribution in [0.3, 0.4) is 0 Å². The topological polar surface area (TPSA) is 98.8 Å². The summed E-state index contributed by atoms with van der Waals surface area (Å²) in [5.74, 6) is -2.62. The third kappa shape index (κ3) is 4.41. The zero-order chi connectivity index (χ0) is 18.2. The van der Waals surface area contributed by atoms with Crippen LogP contribution < -0.4 is 5.32 Å². The van der Waals surface area contributed by atoms with Gasteiger partial charge in [-0.05, 0) is 19.9 Å². The second-order valence-electron chi connectivity index (χ2n) is 4.69. The van der Waals surface area contributed by atoms with Crippen LogP contribution in [-0.2, 0) is 23.9 Å². The molecule has 0 aliphatic rings. The molecule has 1 rings (SSSR count). The Hall–Kier alpha value is -2.22. The van der Waals surface area contributed by atoms with Gasteiger partial charge in [0.2, 0.25) is 11.9 Å².